The van der Waals surface area contributed by atoms with Crippen LogP contribution in [-0.4, -0.2) is 127 Å². The molecule has 18 heteroatoms. The molecule has 55 heavy (non-hydrogen) atoms. The summed E-state index contributed by atoms with van der Waals surface area (Å²) in [6.07, 6.45) is 0.0948. The van der Waals surface area contributed by atoms with Crippen LogP contribution in [0.15, 0.2) is 53.4 Å². The Hall–Kier alpha value is -4.24. The van der Waals surface area contributed by atoms with E-state index in [-0.39, 0.29) is 42.2 Å². The summed E-state index contributed by atoms with van der Waals surface area (Å²) in [5, 5.41) is 34.7. The molecule has 3 aromatic rings. The molecule has 4 rings (SSSR count). The molecule has 1 aliphatic rings. The summed E-state index contributed by atoms with van der Waals surface area (Å²) in [4.78, 5) is 10.7. The summed E-state index contributed by atoms with van der Waals surface area (Å²) >= 11 is 0. The second-order valence-electron chi connectivity index (χ2n) is 12.5. The van der Waals surface area contributed by atoms with Crippen molar-refractivity contribution in [3.63, 3.8) is 0 Å². The molecule has 0 amide bonds. The van der Waals surface area contributed by atoms with E-state index < -0.39 is 21.8 Å². The fourth-order valence-electron chi connectivity index (χ4n) is 4.18. The van der Waals surface area contributed by atoms with Crippen LogP contribution in [-0.2, 0) is 19.6 Å². The highest BCUT2D eigenvalue weighted by Crippen LogP contribution is 2.43. The topological polar surface area (TPSA) is 258 Å². The number of benzene rings is 3. The average Bonchev–Trinajstić information content (AvgIpc) is 3.23. The fourth-order valence-corrected chi connectivity index (χ4v) is 4.66. The minimum atomic E-state index is -4.02. The molecule has 1 aliphatic heterocycles. The van der Waals surface area contributed by atoms with Gasteiger partial charge in [0.1, 0.15) is 34.5 Å². The van der Waals surface area contributed by atoms with E-state index in [9.17, 15) is 18.3 Å². The Balaban J connectivity index is 0. The molecule has 0 aromatic heterocycles. The van der Waals surface area contributed by atoms with Gasteiger partial charge in [0.05, 0.1) is 98.3 Å². The molecule has 1 saturated heterocycles. The third kappa shape index (κ3) is 15.4. The van der Waals surface area contributed by atoms with Gasteiger partial charge in [-0.3, -0.25) is 9.35 Å². The second kappa shape index (κ2) is 24.3. The first-order valence-electron chi connectivity index (χ1n) is 17.3. The van der Waals surface area contributed by atoms with Crippen LogP contribution in [0, 0.1) is 17.8 Å². The monoisotopic (exact) mass is 810 g/mol. The van der Waals surface area contributed by atoms with Crippen molar-refractivity contribution in [3.8, 4) is 34.5 Å². The van der Waals surface area contributed by atoms with Gasteiger partial charge >= 0.3 is 0 Å². The molecule has 0 saturated carbocycles. The summed E-state index contributed by atoms with van der Waals surface area (Å²) in [6, 6.07) is 12.8. The van der Waals surface area contributed by atoms with Crippen LogP contribution < -0.4 is 28.4 Å². The first-order chi connectivity index (χ1) is 26.5. The maximum atomic E-state index is 10.8. The minimum absolute atomic E-state index is 0. The van der Waals surface area contributed by atoms with Crippen molar-refractivity contribution < 1.29 is 84.5 Å². The number of carbonyl (C=O) groups is 1. The Morgan fingerprint density at radius 2 is 1.16 bits per heavy atom. The van der Waals surface area contributed by atoms with E-state index in [4.69, 9.17) is 60.7 Å². The molecule has 0 spiro atoms. The van der Waals surface area contributed by atoms with Gasteiger partial charge in [-0.1, -0.05) is 31.5 Å². The Labute approximate surface area is 325 Å². The van der Waals surface area contributed by atoms with Crippen molar-refractivity contribution in [2.24, 2.45) is 10.8 Å². The van der Waals surface area contributed by atoms with Gasteiger partial charge in [0, 0.05) is 38.1 Å². The third-order valence-corrected chi connectivity index (χ3v) is 8.74. The van der Waals surface area contributed by atoms with E-state index in [0.717, 1.165) is 5.56 Å². The van der Waals surface area contributed by atoms with Gasteiger partial charge in [-0.05, 0) is 19.1 Å². The molecule has 0 unspecified atom stereocenters. The summed E-state index contributed by atoms with van der Waals surface area (Å²) in [5.41, 5.74) is 0.928. The number of methoxy groups -OCH3 is 6. The van der Waals surface area contributed by atoms with Crippen LogP contribution in [0.5, 0.6) is 34.5 Å². The number of carbonyl (C=O) groups excluding carboxylic acids is 1. The lowest BCUT2D eigenvalue weighted by atomic mass is 9.93. The average molecular weight is 811 g/mol. The van der Waals surface area contributed by atoms with Crippen molar-refractivity contribution in [3.05, 3.63) is 65.2 Å². The van der Waals surface area contributed by atoms with E-state index in [1.807, 2.05) is 13.8 Å². The third-order valence-electron chi connectivity index (χ3n) is 7.87. The first kappa shape index (κ1) is 48.8. The Morgan fingerprint density at radius 3 is 1.44 bits per heavy atom. The van der Waals surface area contributed by atoms with Crippen molar-refractivity contribution in [2.45, 2.75) is 32.0 Å². The lowest BCUT2D eigenvalue weighted by Crippen LogP contribution is -2.39. The fraction of sp³-hybridized carbons (Fsp3) is 0.486. The van der Waals surface area contributed by atoms with Crippen LogP contribution >= 0.6 is 0 Å². The number of aldehydes is 1. The van der Waals surface area contributed by atoms with Gasteiger partial charge in [0.25, 0.3) is 10.1 Å². The van der Waals surface area contributed by atoms with Gasteiger partial charge in [-0.15, -0.1) is 0 Å². The first-order valence-corrected chi connectivity index (χ1v) is 17.7. The zero-order chi connectivity index (χ0) is 43.1. The van der Waals surface area contributed by atoms with Crippen LogP contribution in [0.1, 0.15) is 44.6 Å². The predicted octanol–water partition coefficient (Wildman–Crippen LogP) is 2.91. The molecule has 17 nitrogen and oxygen atoms in total. The number of aliphatic hydroxyl groups excluding tert-OH is 4. The summed E-state index contributed by atoms with van der Waals surface area (Å²) in [5.74, 6) is 3.24. The van der Waals surface area contributed by atoms with Crippen LogP contribution in [0.4, 0.5) is 0 Å². The summed E-state index contributed by atoms with van der Waals surface area (Å²) < 4.78 is 82.1. The lowest BCUT2D eigenvalue weighted by molar-refractivity contribution is -0.237. The molecule has 0 atom stereocenters. The molecule has 3 aromatic carbocycles. The molecule has 314 valence electrons. The standard InChI is InChI=1S/C15H22O6.C10H12O4.C7H8O3S.C5H12O3.H2O.H2/c1-15(7-16)8-20-14(21-9-15)13-11(18-3)5-10(17-2)6-12(13)19-4;1-12-7-4-9(13-2)8(6-11)10(5-7)14-3;1-6-2-4-7(5-3-6)11(8,9)10;1-5(2-6,3-7)4-8;;/h5-6,14,16H,7-9H2,1-4H3;4-6H,1-3H3;2-5H,1H3,(H,8,9,10);6-8H,2-4H2,1H3;1H2;1H/i;;;;;1+2T. The molecule has 7 N–H and O–H groups in total. The summed E-state index contributed by atoms with van der Waals surface area (Å²) in [6.45, 7) is 5.61. The number of ether oxygens (including phenoxy) is 8. The van der Waals surface area contributed by atoms with E-state index in [1.165, 1.54) is 33.5 Å². The second-order valence-corrected chi connectivity index (χ2v) is 13.9. The maximum Gasteiger partial charge on any atom is 0.294 e. The van der Waals surface area contributed by atoms with Gasteiger partial charge in [-0.25, -0.2) is 0 Å². The van der Waals surface area contributed by atoms with Crippen LogP contribution in [0.25, 0.3) is 0 Å². The zero-order valence-corrected chi connectivity index (χ0v) is 33.5. The maximum absolute atomic E-state index is 10.8. The zero-order valence-electron chi connectivity index (χ0n) is 34.7. The van der Waals surface area contributed by atoms with Gasteiger partial charge in [0.2, 0.25) is 0 Å². The molecule has 0 bridgehead atoms. The highest BCUT2D eigenvalue weighted by molar-refractivity contribution is 7.85. The smallest absolute Gasteiger partial charge is 0.294 e. The number of hydrogen-bond acceptors (Lipinski definition) is 15. The molecule has 1 heterocycles. The largest absolute Gasteiger partial charge is 0.496 e. The van der Waals surface area contributed by atoms with Crippen LogP contribution in [0.2, 0.25) is 0 Å². The van der Waals surface area contributed by atoms with E-state index in [1.54, 1.807) is 64.7 Å². The van der Waals surface area contributed by atoms with Crippen molar-refractivity contribution in [1.29, 1.82) is 0 Å². The predicted molar refractivity (Wildman–Crippen MR) is 204 cm³/mol. The minimum Gasteiger partial charge on any atom is -0.496 e. The summed E-state index contributed by atoms with van der Waals surface area (Å²) in [7, 11) is 5.20. The van der Waals surface area contributed by atoms with E-state index in [0.29, 0.717) is 65.1 Å². The van der Waals surface area contributed by atoms with Gasteiger partial charge in [0.15, 0.2) is 12.6 Å². The molecular formula is C37H58O17S. The Bertz CT molecular complexity index is 1620. The Kier molecular flexibility index (Phi) is 21.6. The number of rotatable bonds is 13. The molecule has 0 aliphatic carbocycles. The number of aryl methyl sites for hydroxylation is 1. The highest BCUT2D eigenvalue weighted by Gasteiger charge is 2.35. The highest BCUT2D eigenvalue weighted by atomic mass is 32.2. The van der Waals surface area contributed by atoms with E-state index >= 15 is 0 Å². The normalized spacial score (nSPS) is 16.3. The lowest BCUT2D eigenvalue weighted by Gasteiger charge is -2.36. The van der Waals surface area contributed by atoms with Crippen molar-refractivity contribution >= 4 is 16.4 Å². The number of hydrogen-bond donors (Lipinski definition) is 5. The van der Waals surface area contributed by atoms with Crippen LogP contribution in [0.3, 0.4) is 0 Å². The SMILES string of the molecule is CC(CO)(CO)CO.COc1cc(OC)c(C2OCC(C)(CO)CO2)c(OC)c1.COc1cc(OC)c(C=O)c(OC)c1.Cc1ccc(S(=O)(=O)O)cc1.O.[3H][3H]. The molecule has 1 fully saturated rings. The quantitative estimate of drug-likeness (QED) is 0.123. The van der Waals surface area contributed by atoms with Gasteiger partial charge < -0.3 is 63.8 Å². The molecule has 0 radical (unpaired) electrons. The molecular weight excluding hydrogens is 748 g/mol. The van der Waals surface area contributed by atoms with E-state index in [2.05, 4.69) is 0 Å². The van der Waals surface area contributed by atoms with Crippen molar-refractivity contribution in [2.75, 3.05) is 82.3 Å². The van der Waals surface area contributed by atoms with Crippen molar-refractivity contribution in [1.82, 2.24) is 0 Å². The Morgan fingerprint density at radius 1 is 0.782 bits per heavy atom. The van der Waals surface area contributed by atoms with Gasteiger partial charge in [-0.2, -0.15) is 8.42 Å². The number of aliphatic hydroxyl groups is 4.